The first kappa shape index (κ1) is 16.0. The van der Waals surface area contributed by atoms with Gasteiger partial charge in [0.2, 0.25) is 11.8 Å². The van der Waals surface area contributed by atoms with Crippen molar-refractivity contribution in [1.82, 2.24) is 10.2 Å². The molecule has 0 radical (unpaired) electrons. The molecule has 0 aromatic rings. The molecule has 1 aliphatic heterocycles. The molecule has 2 amide bonds. The average molecular weight is 270 g/mol. The lowest BCUT2D eigenvalue weighted by atomic mass is 9.94. The molecule has 2 atom stereocenters. The largest absolute Gasteiger partial charge is 0.383 e. The van der Waals surface area contributed by atoms with E-state index in [0.717, 1.165) is 0 Å². The minimum absolute atomic E-state index is 0.0114. The van der Waals surface area contributed by atoms with Crippen LogP contribution in [0.5, 0.6) is 0 Å². The van der Waals surface area contributed by atoms with Crippen molar-refractivity contribution in [2.45, 2.75) is 46.2 Å². The second-order valence-electron chi connectivity index (χ2n) is 5.90. The zero-order valence-electron chi connectivity index (χ0n) is 12.6. The van der Waals surface area contributed by atoms with E-state index in [9.17, 15) is 9.59 Å². The number of methoxy groups -OCH3 is 1. The standard InChI is InChI=1S/C14H26N2O3/c1-9(2)8-11-13(17)15-12(10(3)4)14(18)16(11)6-7-19-5/h9-12H,6-8H2,1-5H3,(H,15,17). The predicted molar refractivity (Wildman–Crippen MR) is 73.6 cm³/mol. The summed E-state index contributed by atoms with van der Waals surface area (Å²) in [5.41, 5.74) is 0. The lowest BCUT2D eigenvalue weighted by Crippen LogP contribution is -2.65. The van der Waals surface area contributed by atoms with Gasteiger partial charge in [0, 0.05) is 13.7 Å². The third-order valence-corrected chi connectivity index (χ3v) is 3.42. The number of piperazine rings is 1. The number of nitrogens with one attached hydrogen (secondary N) is 1. The molecule has 1 saturated heterocycles. The molecule has 1 heterocycles. The van der Waals surface area contributed by atoms with Crippen LogP contribution in [-0.2, 0) is 14.3 Å². The Morgan fingerprint density at radius 3 is 2.37 bits per heavy atom. The third kappa shape index (κ3) is 3.93. The fourth-order valence-electron chi connectivity index (χ4n) is 2.37. The van der Waals surface area contributed by atoms with Crippen LogP contribution >= 0.6 is 0 Å². The van der Waals surface area contributed by atoms with Crippen molar-refractivity contribution in [1.29, 1.82) is 0 Å². The zero-order valence-corrected chi connectivity index (χ0v) is 12.6. The highest BCUT2D eigenvalue weighted by molar-refractivity contribution is 5.97. The molecule has 5 heteroatoms. The molecule has 0 aliphatic carbocycles. The minimum Gasteiger partial charge on any atom is -0.383 e. The Balaban J connectivity index is 2.89. The van der Waals surface area contributed by atoms with Crippen LogP contribution in [0.2, 0.25) is 0 Å². The van der Waals surface area contributed by atoms with Gasteiger partial charge < -0.3 is 15.0 Å². The van der Waals surface area contributed by atoms with E-state index in [2.05, 4.69) is 19.2 Å². The van der Waals surface area contributed by atoms with Gasteiger partial charge in [-0.1, -0.05) is 27.7 Å². The summed E-state index contributed by atoms with van der Waals surface area (Å²) in [5, 5.41) is 2.86. The molecule has 1 aliphatic rings. The van der Waals surface area contributed by atoms with Gasteiger partial charge in [-0.15, -0.1) is 0 Å². The topological polar surface area (TPSA) is 58.6 Å². The van der Waals surface area contributed by atoms with Gasteiger partial charge in [0.15, 0.2) is 0 Å². The molecule has 5 nitrogen and oxygen atoms in total. The van der Waals surface area contributed by atoms with Crippen LogP contribution in [0.4, 0.5) is 0 Å². The van der Waals surface area contributed by atoms with E-state index in [1.165, 1.54) is 0 Å². The highest BCUT2D eigenvalue weighted by Gasteiger charge is 2.41. The fourth-order valence-corrected chi connectivity index (χ4v) is 2.37. The monoisotopic (exact) mass is 270 g/mol. The summed E-state index contributed by atoms with van der Waals surface area (Å²) in [6.07, 6.45) is 0.687. The maximum absolute atomic E-state index is 12.5. The summed E-state index contributed by atoms with van der Waals surface area (Å²) < 4.78 is 5.05. The van der Waals surface area contributed by atoms with Crippen LogP contribution < -0.4 is 5.32 Å². The number of amides is 2. The predicted octanol–water partition coefficient (Wildman–Crippen LogP) is 1.03. The van der Waals surface area contributed by atoms with Crippen LogP contribution in [0.15, 0.2) is 0 Å². The van der Waals surface area contributed by atoms with Crippen LogP contribution in [0, 0.1) is 11.8 Å². The summed E-state index contributed by atoms with van der Waals surface area (Å²) in [6, 6.07) is -0.773. The second kappa shape index (κ2) is 6.89. The molecule has 1 rings (SSSR count). The smallest absolute Gasteiger partial charge is 0.246 e. The van der Waals surface area contributed by atoms with Gasteiger partial charge in [0.05, 0.1) is 6.61 Å². The highest BCUT2D eigenvalue weighted by Crippen LogP contribution is 2.20. The Hall–Kier alpha value is -1.10. The summed E-state index contributed by atoms with van der Waals surface area (Å²) in [7, 11) is 1.60. The van der Waals surface area contributed by atoms with Crippen molar-refractivity contribution in [2.24, 2.45) is 11.8 Å². The van der Waals surface area contributed by atoms with E-state index in [1.807, 2.05) is 13.8 Å². The minimum atomic E-state index is -0.409. The van der Waals surface area contributed by atoms with Gasteiger partial charge in [-0.2, -0.15) is 0 Å². The van der Waals surface area contributed by atoms with Gasteiger partial charge >= 0.3 is 0 Å². The first-order valence-corrected chi connectivity index (χ1v) is 6.98. The van der Waals surface area contributed by atoms with Crippen molar-refractivity contribution in [3.05, 3.63) is 0 Å². The van der Waals surface area contributed by atoms with Crippen molar-refractivity contribution >= 4 is 11.8 Å². The zero-order chi connectivity index (χ0) is 14.6. The van der Waals surface area contributed by atoms with E-state index >= 15 is 0 Å². The van der Waals surface area contributed by atoms with Crippen molar-refractivity contribution in [3.63, 3.8) is 0 Å². The normalized spacial score (nSPS) is 24.3. The number of carbonyl (C=O) groups excluding carboxylic acids is 2. The van der Waals surface area contributed by atoms with Gasteiger partial charge in [-0.25, -0.2) is 0 Å². The molecule has 0 spiro atoms. The molecule has 0 aromatic heterocycles. The van der Waals surface area contributed by atoms with Crippen molar-refractivity contribution < 1.29 is 14.3 Å². The first-order valence-electron chi connectivity index (χ1n) is 6.98. The number of hydrogen-bond acceptors (Lipinski definition) is 3. The number of ether oxygens (including phenoxy) is 1. The Kier molecular flexibility index (Phi) is 5.79. The quantitative estimate of drug-likeness (QED) is 0.784. The first-order chi connectivity index (χ1) is 8.88. The maximum Gasteiger partial charge on any atom is 0.246 e. The van der Waals surface area contributed by atoms with E-state index in [4.69, 9.17) is 4.74 Å². The Morgan fingerprint density at radius 2 is 1.89 bits per heavy atom. The summed E-state index contributed by atoms with van der Waals surface area (Å²) in [4.78, 5) is 26.4. The molecule has 19 heavy (non-hydrogen) atoms. The number of rotatable bonds is 6. The molecule has 110 valence electrons. The van der Waals surface area contributed by atoms with Crippen molar-refractivity contribution in [2.75, 3.05) is 20.3 Å². The van der Waals surface area contributed by atoms with Crippen LogP contribution in [-0.4, -0.2) is 49.1 Å². The van der Waals surface area contributed by atoms with Gasteiger partial charge in [0.1, 0.15) is 12.1 Å². The van der Waals surface area contributed by atoms with Gasteiger partial charge in [0.25, 0.3) is 0 Å². The van der Waals surface area contributed by atoms with Crippen molar-refractivity contribution in [3.8, 4) is 0 Å². The summed E-state index contributed by atoms with van der Waals surface area (Å²) in [5.74, 6) is 0.436. The molecule has 1 N–H and O–H groups in total. The van der Waals surface area contributed by atoms with Crippen LogP contribution in [0.25, 0.3) is 0 Å². The Bertz CT molecular complexity index is 329. The van der Waals surface area contributed by atoms with Gasteiger partial charge in [-0.05, 0) is 18.3 Å². The number of carbonyl (C=O) groups is 2. The van der Waals surface area contributed by atoms with E-state index in [1.54, 1.807) is 12.0 Å². The van der Waals surface area contributed by atoms with Gasteiger partial charge in [-0.3, -0.25) is 9.59 Å². The summed E-state index contributed by atoms with van der Waals surface area (Å²) in [6.45, 7) is 8.93. The molecule has 0 saturated carbocycles. The average Bonchev–Trinajstić information content (AvgIpc) is 2.32. The number of nitrogens with zero attached hydrogens (tertiary/aromatic N) is 1. The number of hydrogen-bond donors (Lipinski definition) is 1. The van der Waals surface area contributed by atoms with E-state index < -0.39 is 6.04 Å². The summed E-state index contributed by atoms with van der Waals surface area (Å²) >= 11 is 0. The third-order valence-electron chi connectivity index (χ3n) is 3.42. The Morgan fingerprint density at radius 1 is 1.26 bits per heavy atom. The molecule has 1 fully saturated rings. The SMILES string of the molecule is COCCN1C(=O)C(C(C)C)NC(=O)C1CC(C)C. The maximum atomic E-state index is 12.5. The second-order valence-corrected chi connectivity index (χ2v) is 5.90. The molecular weight excluding hydrogens is 244 g/mol. The fraction of sp³-hybridized carbons (Fsp3) is 0.857. The van der Waals surface area contributed by atoms with Crippen LogP contribution in [0.3, 0.4) is 0 Å². The lowest BCUT2D eigenvalue weighted by Gasteiger charge is -2.40. The Labute approximate surface area is 115 Å². The molecule has 2 unspecified atom stereocenters. The molecule has 0 aromatic carbocycles. The van der Waals surface area contributed by atoms with Crippen LogP contribution in [0.1, 0.15) is 34.1 Å². The molecular formula is C14H26N2O3. The lowest BCUT2D eigenvalue weighted by molar-refractivity contribution is -0.151. The highest BCUT2D eigenvalue weighted by atomic mass is 16.5. The van der Waals surface area contributed by atoms with E-state index in [-0.39, 0.29) is 23.8 Å². The molecule has 0 bridgehead atoms. The van der Waals surface area contributed by atoms with E-state index in [0.29, 0.717) is 25.5 Å².